The Morgan fingerprint density at radius 2 is 2.03 bits per heavy atom. The number of aliphatic hydroxyl groups excluding tert-OH is 1. The van der Waals surface area contributed by atoms with Crippen LogP contribution in [0.4, 0.5) is 4.79 Å². The SMILES string of the molecule is COC[C@@H]1CCCN1C(=O)OC1CC[C@]2(CO2)C(C(C)(C)[C@H](O)CC=C(C)C)C1OC. The summed E-state index contributed by atoms with van der Waals surface area (Å²) in [5.74, 6) is -0.0783. The largest absolute Gasteiger partial charge is 0.443 e. The number of likely N-dealkylation sites (tertiary alicyclic amines) is 1. The van der Waals surface area contributed by atoms with Gasteiger partial charge in [0.1, 0.15) is 12.2 Å². The predicted molar refractivity (Wildman–Crippen MR) is 118 cm³/mol. The van der Waals surface area contributed by atoms with Crippen LogP contribution in [0.25, 0.3) is 0 Å². The molecule has 0 bridgehead atoms. The summed E-state index contributed by atoms with van der Waals surface area (Å²) in [6.07, 6.45) is 4.50. The Morgan fingerprint density at radius 1 is 1.32 bits per heavy atom. The number of nitrogens with zero attached hydrogens (tertiary/aromatic N) is 1. The summed E-state index contributed by atoms with van der Waals surface area (Å²) in [4.78, 5) is 14.8. The third-order valence-corrected chi connectivity index (χ3v) is 7.53. The number of amides is 1. The molecule has 1 aliphatic carbocycles. The molecule has 0 aromatic rings. The Balaban J connectivity index is 1.77. The van der Waals surface area contributed by atoms with Gasteiger partial charge in [0.15, 0.2) is 0 Å². The summed E-state index contributed by atoms with van der Waals surface area (Å²) in [5.41, 5.74) is 0.410. The molecule has 3 rings (SSSR count). The molecule has 0 aromatic heterocycles. The highest BCUT2D eigenvalue weighted by Crippen LogP contribution is 2.56. The minimum absolute atomic E-state index is 0.0679. The van der Waals surface area contributed by atoms with E-state index in [9.17, 15) is 9.90 Å². The summed E-state index contributed by atoms with van der Waals surface area (Å²) in [5, 5.41) is 11.1. The number of methoxy groups -OCH3 is 2. The summed E-state index contributed by atoms with van der Waals surface area (Å²) in [6, 6.07) is 0.0679. The highest BCUT2D eigenvalue weighted by atomic mass is 16.6. The van der Waals surface area contributed by atoms with E-state index in [0.29, 0.717) is 32.6 Å². The molecular weight excluding hydrogens is 398 g/mol. The van der Waals surface area contributed by atoms with Crippen LogP contribution < -0.4 is 0 Å². The van der Waals surface area contributed by atoms with Gasteiger partial charge in [-0.3, -0.25) is 0 Å². The first-order valence-electron chi connectivity index (χ1n) is 11.6. The normalized spacial score (nSPS) is 34.0. The second-order valence-electron chi connectivity index (χ2n) is 10.3. The van der Waals surface area contributed by atoms with Crippen molar-refractivity contribution in [1.29, 1.82) is 0 Å². The van der Waals surface area contributed by atoms with Crippen LogP contribution in [0.2, 0.25) is 0 Å². The predicted octanol–water partition coefficient (Wildman–Crippen LogP) is 3.54. The van der Waals surface area contributed by atoms with Gasteiger partial charge in [0.05, 0.1) is 31.0 Å². The van der Waals surface area contributed by atoms with Gasteiger partial charge in [0.2, 0.25) is 0 Å². The van der Waals surface area contributed by atoms with Crippen molar-refractivity contribution in [3.63, 3.8) is 0 Å². The zero-order valence-corrected chi connectivity index (χ0v) is 20.1. The molecule has 1 amide bonds. The van der Waals surface area contributed by atoms with Gasteiger partial charge < -0.3 is 29.0 Å². The molecule has 2 heterocycles. The molecule has 1 saturated carbocycles. The molecule has 1 N–H and O–H groups in total. The summed E-state index contributed by atoms with van der Waals surface area (Å²) in [7, 11) is 3.33. The molecule has 2 saturated heterocycles. The van der Waals surface area contributed by atoms with E-state index in [1.807, 2.05) is 13.8 Å². The van der Waals surface area contributed by atoms with Crippen LogP contribution in [0, 0.1) is 11.3 Å². The lowest BCUT2D eigenvalue weighted by Gasteiger charge is -2.49. The fraction of sp³-hybridized carbons (Fsp3) is 0.875. The minimum atomic E-state index is -0.551. The maximum atomic E-state index is 13.0. The quantitative estimate of drug-likeness (QED) is 0.460. The van der Waals surface area contributed by atoms with E-state index in [4.69, 9.17) is 18.9 Å². The first kappa shape index (κ1) is 24.5. The van der Waals surface area contributed by atoms with Gasteiger partial charge in [-0.25, -0.2) is 4.79 Å². The molecule has 1 spiro atoms. The number of epoxide rings is 1. The lowest BCUT2D eigenvalue weighted by atomic mass is 9.60. The Bertz CT molecular complexity index is 654. The van der Waals surface area contributed by atoms with E-state index in [0.717, 1.165) is 19.3 Å². The zero-order valence-electron chi connectivity index (χ0n) is 20.1. The Morgan fingerprint density at radius 3 is 2.61 bits per heavy atom. The number of ether oxygens (including phenoxy) is 4. The van der Waals surface area contributed by atoms with Crippen molar-refractivity contribution >= 4 is 6.09 Å². The Kier molecular flexibility index (Phi) is 7.72. The molecular formula is C24H41NO6. The number of carbonyl (C=O) groups is 1. The molecule has 3 fully saturated rings. The van der Waals surface area contributed by atoms with Crippen LogP contribution in [0.1, 0.15) is 59.8 Å². The van der Waals surface area contributed by atoms with Crippen molar-refractivity contribution in [1.82, 2.24) is 4.90 Å². The highest BCUT2D eigenvalue weighted by Gasteiger charge is 2.64. The Hall–Kier alpha value is -1.15. The fourth-order valence-electron chi connectivity index (χ4n) is 5.65. The van der Waals surface area contributed by atoms with Gasteiger partial charge in [0.25, 0.3) is 0 Å². The van der Waals surface area contributed by atoms with Crippen molar-refractivity contribution in [2.75, 3.05) is 34.0 Å². The van der Waals surface area contributed by atoms with Crippen LogP contribution in [-0.2, 0) is 18.9 Å². The first-order valence-corrected chi connectivity index (χ1v) is 11.6. The van der Waals surface area contributed by atoms with Gasteiger partial charge in [-0.1, -0.05) is 25.5 Å². The van der Waals surface area contributed by atoms with Crippen molar-refractivity contribution in [2.24, 2.45) is 11.3 Å². The second kappa shape index (κ2) is 9.77. The van der Waals surface area contributed by atoms with Crippen LogP contribution in [0.5, 0.6) is 0 Å². The highest BCUT2D eigenvalue weighted by molar-refractivity contribution is 5.68. The molecule has 7 nitrogen and oxygen atoms in total. The average molecular weight is 440 g/mol. The number of hydrogen-bond donors (Lipinski definition) is 1. The topological polar surface area (TPSA) is 80.8 Å². The molecule has 0 aromatic carbocycles. The van der Waals surface area contributed by atoms with E-state index in [1.165, 1.54) is 5.57 Å². The van der Waals surface area contributed by atoms with E-state index in [1.54, 1.807) is 19.1 Å². The monoisotopic (exact) mass is 439 g/mol. The summed E-state index contributed by atoms with van der Waals surface area (Å²) in [6.45, 7) is 10.1. The van der Waals surface area contributed by atoms with E-state index in [-0.39, 0.29) is 35.9 Å². The number of allylic oxidation sites excluding steroid dienone is 1. The number of aliphatic hydroxyl groups is 1. The first-order chi connectivity index (χ1) is 14.7. The molecule has 178 valence electrons. The average Bonchev–Trinajstić information content (AvgIpc) is 3.32. The van der Waals surface area contributed by atoms with Gasteiger partial charge in [-0.2, -0.15) is 0 Å². The molecule has 3 aliphatic rings. The van der Waals surface area contributed by atoms with Gasteiger partial charge >= 0.3 is 6.09 Å². The van der Waals surface area contributed by atoms with Crippen molar-refractivity contribution in [3.05, 3.63) is 11.6 Å². The molecule has 0 radical (unpaired) electrons. The van der Waals surface area contributed by atoms with Crippen LogP contribution in [0.3, 0.4) is 0 Å². The van der Waals surface area contributed by atoms with Crippen LogP contribution in [-0.4, -0.2) is 80.0 Å². The van der Waals surface area contributed by atoms with Crippen LogP contribution in [0.15, 0.2) is 11.6 Å². The maximum absolute atomic E-state index is 13.0. The molecule has 2 aliphatic heterocycles. The van der Waals surface area contributed by atoms with Crippen molar-refractivity contribution in [2.45, 2.75) is 89.8 Å². The van der Waals surface area contributed by atoms with E-state index >= 15 is 0 Å². The third-order valence-electron chi connectivity index (χ3n) is 7.53. The second-order valence-corrected chi connectivity index (χ2v) is 10.3. The van der Waals surface area contributed by atoms with Gasteiger partial charge in [0, 0.05) is 26.7 Å². The van der Waals surface area contributed by atoms with E-state index < -0.39 is 11.5 Å². The lowest BCUT2D eigenvalue weighted by molar-refractivity contribution is -0.156. The smallest absolute Gasteiger partial charge is 0.410 e. The number of hydrogen-bond acceptors (Lipinski definition) is 6. The standard InChI is InChI=1S/C24H41NO6/c1-16(2)9-10-19(26)23(3,4)21-20(29-6)18(11-12-24(21)15-30-24)31-22(27)25-13-7-8-17(25)14-28-5/h9,17-21,26H,7-8,10-15H2,1-6H3/t17-,18?,19+,20?,21?,24-/m0/s1. The Labute approximate surface area is 187 Å². The zero-order chi connectivity index (χ0) is 22.8. The van der Waals surface area contributed by atoms with Crippen molar-refractivity contribution < 1.29 is 28.8 Å². The van der Waals surface area contributed by atoms with Gasteiger partial charge in [-0.15, -0.1) is 0 Å². The summed E-state index contributed by atoms with van der Waals surface area (Å²) < 4.78 is 23.3. The lowest BCUT2D eigenvalue weighted by Crippen LogP contribution is -2.58. The maximum Gasteiger partial charge on any atom is 0.410 e. The van der Waals surface area contributed by atoms with Crippen molar-refractivity contribution in [3.8, 4) is 0 Å². The minimum Gasteiger partial charge on any atom is -0.443 e. The summed E-state index contributed by atoms with van der Waals surface area (Å²) >= 11 is 0. The fourth-order valence-corrected chi connectivity index (χ4v) is 5.65. The number of rotatable bonds is 8. The van der Waals surface area contributed by atoms with E-state index in [2.05, 4.69) is 19.9 Å². The van der Waals surface area contributed by atoms with Crippen LogP contribution >= 0.6 is 0 Å². The molecule has 6 atom stereocenters. The molecule has 3 unspecified atom stereocenters. The number of carbonyl (C=O) groups excluding carboxylic acids is 1. The van der Waals surface area contributed by atoms with Gasteiger partial charge in [-0.05, 0) is 51.4 Å². The molecule has 31 heavy (non-hydrogen) atoms. The molecule has 7 heteroatoms. The third kappa shape index (κ3) is 5.10.